The number of anilines is 1. The van der Waals surface area contributed by atoms with Gasteiger partial charge in [0.25, 0.3) is 0 Å². The predicted octanol–water partition coefficient (Wildman–Crippen LogP) is 5.42. The number of nitrogens with zero attached hydrogens (tertiary/aromatic N) is 2. The van der Waals surface area contributed by atoms with Crippen LogP contribution in [0.1, 0.15) is 35.6 Å². The Kier molecular flexibility index (Phi) is 9.19. The minimum atomic E-state index is -1.27. The molecule has 0 radical (unpaired) electrons. The van der Waals surface area contributed by atoms with Crippen LogP contribution in [0.3, 0.4) is 0 Å². The van der Waals surface area contributed by atoms with E-state index in [2.05, 4.69) is 40.3 Å². The van der Waals surface area contributed by atoms with E-state index in [9.17, 15) is 9.90 Å². The summed E-state index contributed by atoms with van der Waals surface area (Å²) in [6, 6.07) is 18.6. The molecule has 42 heavy (non-hydrogen) atoms. The second-order valence-corrected chi connectivity index (χ2v) is 10.9. The SMILES string of the molecule is CO/C(Nc1cccc(-c2cccc(C)c2OCc2ccc3c(c2)CCN(C2CCOCC2C)C3)n1)=C(/C=N)C(=O)O. The molecule has 0 aliphatic carbocycles. The van der Waals surface area contributed by atoms with Crippen LogP contribution < -0.4 is 10.1 Å². The quantitative estimate of drug-likeness (QED) is 0.168. The molecule has 3 heterocycles. The summed E-state index contributed by atoms with van der Waals surface area (Å²) in [5, 5.41) is 19.7. The number of carboxylic acids is 1. The van der Waals surface area contributed by atoms with Crippen molar-refractivity contribution in [1.82, 2.24) is 9.88 Å². The number of nitrogens with one attached hydrogen (secondary N) is 2. The van der Waals surface area contributed by atoms with Crippen LogP contribution in [0.25, 0.3) is 11.3 Å². The highest BCUT2D eigenvalue weighted by Gasteiger charge is 2.30. The summed E-state index contributed by atoms with van der Waals surface area (Å²) < 4.78 is 17.3. The number of methoxy groups -OCH3 is 1. The Balaban J connectivity index is 1.32. The Labute approximate surface area is 246 Å². The van der Waals surface area contributed by atoms with Crippen LogP contribution in [0.15, 0.2) is 66.1 Å². The molecule has 1 aromatic heterocycles. The van der Waals surface area contributed by atoms with Crippen LogP contribution in [0, 0.1) is 18.3 Å². The number of aryl methyl sites for hydroxylation is 1. The number of carbonyl (C=O) groups is 1. The zero-order chi connectivity index (χ0) is 29.6. The van der Waals surface area contributed by atoms with Gasteiger partial charge in [0, 0.05) is 37.5 Å². The lowest BCUT2D eigenvalue weighted by molar-refractivity contribution is -0.132. The van der Waals surface area contributed by atoms with Gasteiger partial charge in [-0.3, -0.25) is 4.90 Å². The van der Waals surface area contributed by atoms with Crippen LogP contribution in [0.5, 0.6) is 5.75 Å². The Morgan fingerprint density at radius 2 is 2.05 bits per heavy atom. The van der Waals surface area contributed by atoms with E-state index in [0.29, 0.717) is 30.1 Å². The summed E-state index contributed by atoms with van der Waals surface area (Å²) in [6.45, 7) is 8.49. The summed E-state index contributed by atoms with van der Waals surface area (Å²) in [6.07, 6.45) is 2.87. The fourth-order valence-electron chi connectivity index (χ4n) is 5.84. The van der Waals surface area contributed by atoms with Crippen LogP contribution in [0.2, 0.25) is 0 Å². The number of pyridine rings is 1. The van der Waals surface area contributed by atoms with Crippen molar-refractivity contribution >= 4 is 18.0 Å². The molecule has 2 aliphatic rings. The number of fused-ring (bicyclic) bond motifs is 1. The Morgan fingerprint density at radius 3 is 2.81 bits per heavy atom. The lowest BCUT2D eigenvalue weighted by atomic mass is 9.91. The molecular weight excluding hydrogens is 532 g/mol. The van der Waals surface area contributed by atoms with E-state index < -0.39 is 5.97 Å². The topological polar surface area (TPSA) is 117 Å². The van der Waals surface area contributed by atoms with E-state index >= 15 is 0 Å². The van der Waals surface area contributed by atoms with Gasteiger partial charge in [-0.15, -0.1) is 0 Å². The van der Waals surface area contributed by atoms with E-state index in [-0.39, 0.29) is 11.5 Å². The van der Waals surface area contributed by atoms with Gasteiger partial charge < -0.3 is 30.0 Å². The minimum Gasteiger partial charge on any atom is -0.488 e. The maximum Gasteiger partial charge on any atom is 0.342 e. The molecule has 9 nitrogen and oxygen atoms in total. The van der Waals surface area contributed by atoms with Gasteiger partial charge in [0.2, 0.25) is 5.88 Å². The first-order valence-corrected chi connectivity index (χ1v) is 14.3. The maximum atomic E-state index is 11.5. The lowest BCUT2D eigenvalue weighted by Gasteiger charge is -2.41. The molecule has 3 N–H and O–H groups in total. The van der Waals surface area contributed by atoms with Crippen molar-refractivity contribution in [2.24, 2.45) is 5.92 Å². The smallest absolute Gasteiger partial charge is 0.342 e. The zero-order valence-electron chi connectivity index (χ0n) is 24.4. The van der Waals surface area contributed by atoms with Crippen LogP contribution >= 0.6 is 0 Å². The van der Waals surface area contributed by atoms with E-state index in [4.69, 9.17) is 19.6 Å². The highest BCUT2D eigenvalue weighted by atomic mass is 16.5. The Bertz CT molecular complexity index is 1490. The minimum absolute atomic E-state index is 0.0688. The zero-order valence-corrected chi connectivity index (χ0v) is 24.4. The van der Waals surface area contributed by atoms with Crippen LogP contribution in [-0.4, -0.2) is 60.1 Å². The van der Waals surface area contributed by atoms with Gasteiger partial charge in [0.15, 0.2) is 0 Å². The van der Waals surface area contributed by atoms with Gasteiger partial charge in [-0.25, -0.2) is 9.78 Å². The van der Waals surface area contributed by atoms with E-state index in [1.807, 2.05) is 37.3 Å². The Morgan fingerprint density at radius 1 is 1.21 bits per heavy atom. The van der Waals surface area contributed by atoms with E-state index in [0.717, 1.165) is 67.8 Å². The van der Waals surface area contributed by atoms with Gasteiger partial charge in [0.1, 0.15) is 23.7 Å². The summed E-state index contributed by atoms with van der Waals surface area (Å²) in [7, 11) is 1.34. The molecule has 220 valence electrons. The molecule has 3 aromatic rings. The van der Waals surface area contributed by atoms with Gasteiger partial charge >= 0.3 is 5.97 Å². The number of hydrogen-bond donors (Lipinski definition) is 3. The normalized spacial score (nSPS) is 19.3. The average Bonchev–Trinajstić information content (AvgIpc) is 3.00. The second kappa shape index (κ2) is 13.2. The van der Waals surface area contributed by atoms with Crippen molar-refractivity contribution in [3.8, 4) is 17.0 Å². The van der Waals surface area contributed by atoms with Crippen molar-refractivity contribution in [1.29, 1.82) is 5.41 Å². The summed E-state index contributed by atoms with van der Waals surface area (Å²) in [5.41, 5.74) is 6.08. The molecular formula is C33H38N4O5. The number of para-hydroxylation sites is 1. The van der Waals surface area contributed by atoms with Crippen molar-refractivity contribution in [3.05, 3.63) is 88.3 Å². The highest BCUT2D eigenvalue weighted by Crippen LogP contribution is 2.34. The second-order valence-electron chi connectivity index (χ2n) is 10.9. The van der Waals surface area contributed by atoms with E-state index in [1.54, 1.807) is 6.07 Å². The number of benzene rings is 2. The number of aliphatic carboxylic acids is 1. The highest BCUT2D eigenvalue weighted by molar-refractivity contribution is 6.08. The third kappa shape index (κ3) is 6.48. The molecule has 0 spiro atoms. The molecule has 2 aliphatic heterocycles. The molecule has 0 saturated carbocycles. The van der Waals surface area contributed by atoms with E-state index in [1.165, 1.54) is 18.2 Å². The van der Waals surface area contributed by atoms with Crippen LogP contribution in [0.4, 0.5) is 5.82 Å². The number of carboxylic acid groups (broad SMARTS) is 1. The fraction of sp³-hybridized carbons (Fsp3) is 0.364. The summed E-state index contributed by atoms with van der Waals surface area (Å²) >= 11 is 0. The molecule has 1 saturated heterocycles. The van der Waals surface area contributed by atoms with Gasteiger partial charge in [-0.05, 0) is 66.1 Å². The van der Waals surface area contributed by atoms with Crippen molar-refractivity contribution in [3.63, 3.8) is 0 Å². The van der Waals surface area contributed by atoms with Crippen LogP contribution in [-0.2, 0) is 33.8 Å². The van der Waals surface area contributed by atoms with Crippen molar-refractivity contribution in [2.45, 2.75) is 45.9 Å². The predicted molar refractivity (Wildman–Crippen MR) is 162 cm³/mol. The first-order valence-electron chi connectivity index (χ1n) is 14.3. The van der Waals surface area contributed by atoms with Gasteiger partial charge in [0.05, 0.1) is 19.4 Å². The van der Waals surface area contributed by atoms with Crippen molar-refractivity contribution < 1.29 is 24.1 Å². The summed E-state index contributed by atoms with van der Waals surface area (Å²) in [4.78, 5) is 18.8. The lowest BCUT2D eigenvalue weighted by Crippen LogP contribution is -2.46. The van der Waals surface area contributed by atoms with Crippen molar-refractivity contribution in [2.75, 3.05) is 32.2 Å². The first-order chi connectivity index (χ1) is 20.4. The molecule has 0 bridgehead atoms. The molecule has 2 aromatic carbocycles. The molecule has 5 rings (SSSR count). The number of rotatable bonds is 10. The average molecular weight is 571 g/mol. The van der Waals surface area contributed by atoms with Gasteiger partial charge in [-0.1, -0.05) is 43.3 Å². The molecule has 1 fully saturated rings. The maximum absolute atomic E-state index is 11.5. The largest absolute Gasteiger partial charge is 0.488 e. The fourth-order valence-corrected chi connectivity index (χ4v) is 5.84. The molecule has 2 atom stereocenters. The standard InChI is InChI=1S/C33H38N4O5/c1-21-6-4-7-26(28-8-5-9-30(35-28)36-32(40-3)27(17-34)33(38)39)31(21)42-20-23-10-11-25-18-37(14-12-24(25)16-23)29-13-15-41-19-22(29)2/h4-11,16-17,22,29,34H,12-15,18-20H2,1-3H3,(H,35,36)(H,38,39)/b32-27-,34-17?. The first kappa shape index (κ1) is 29.3. The third-order valence-electron chi connectivity index (χ3n) is 8.06. The number of hydrogen-bond acceptors (Lipinski definition) is 8. The third-order valence-corrected chi connectivity index (χ3v) is 8.06. The number of ether oxygens (including phenoxy) is 3. The Hall–Kier alpha value is -4.21. The molecule has 0 amide bonds. The number of aromatic nitrogens is 1. The monoisotopic (exact) mass is 570 g/mol. The van der Waals surface area contributed by atoms with Gasteiger partial charge in [-0.2, -0.15) is 0 Å². The molecule has 2 unspecified atom stereocenters. The summed E-state index contributed by atoms with van der Waals surface area (Å²) in [5.74, 6) is 0.350. The molecule has 9 heteroatoms.